The molecule has 1 saturated heterocycles. The van der Waals surface area contributed by atoms with Crippen LogP contribution in [0.5, 0.6) is 5.75 Å². The van der Waals surface area contributed by atoms with E-state index in [1.165, 1.54) is 5.56 Å². The number of hydrogen-bond donors (Lipinski definition) is 1. The molecule has 0 radical (unpaired) electrons. The highest BCUT2D eigenvalue weighted by Gasteiger charge is 2.21. The Kier molecular flexibility index (Phi) is 6.12. The number of aryl methyl sites for hydroxylation is 1. The first-order chi connectivity index (χ1) is 12.7. The van der Waals surface area contributed by atoms with Crippen LogP contribution in [0.3, 0.4) is 0 Å². The molecule has 26 heavy (non-hydrogen) atoms. The summed E-state index contributed by atoms with van der Waals surface area (Å²) >= 11 is 0. The van der Waals surface area contributed by atoms with Gasteiger partial charge in [0.25, 0.3) is 0 Å². The third-order valence-corrected chi connectivity index (χ3v) is 4.76. The van der Waals surface area contributed by atoms with Gasteiger partial charge in [-0.3, -0.25) is 9.69 Å². The molecule has 0 atom stereocenters. The van der Waals surface area contributed by atoms with Crippen LogP contribution in [0.1, 0.15) is 11.1 Å². The van der Waals surface area contributed by atoms with E-state index in [1.54, 1.807) is 7.11 Å². The summed E-state index contributed by atoms with van der Waals surface area (Å²) < 4.78 is 5.35. The number of rotatable bonds is 6. The normalized spacial score (nSPS) is 14.9. The minimum atomic E-state index is 0.132. The van der Waals surface area contributed by atoms with E-state index in [-0.39, 0.29) is 5.91 Å². The summed E-state index contributed by atoms with van der Waals surface area (Å²) in [5.41, 5.74) is 3.32. The molecule has 0 unspecified atom stereocenters. The average molecular weight is 353 g/mol. The molecule has 1 aliphatic rings. The second kappa shape index (κ2) is 8.72. The number of amides is 1. The van der Waals surface area contributed by atoms with Crippen molar-refractivity contribution < 1.29 is 9.53 Å². The number of carbonyl (C=O) groups excluding carboxylic acids is 1. The summed E-state index contributed by atoms with van der Waals surface area (Å²) in [6.07, 6.45) is 0. The van der Waals surface area contributed by atoms with Crippen LogP contribution in [0.2, 0.25) is 0 Å². The molecule has 1 heterocycles. The molecule has 0 spiro atoms. The van der Waals surface area contributed by atoms with Crippen molar-refractivity contribution in [1.82, 2.24) is 9.80 Å². The van der Waals surface area contributed by atoms with Crippen molar-refractivity contribution in [3.63, 3.8) is 0 Å². The average Bonchev–Trinajstić information content (AvgIpc) is 2.67. The van der Waals surface area contributed by atoms with Crippen molar-refractivity contribution in [3.8, 4) is 5.75 Å². The number of ether oxygens (including phenoxy) is 1. The molecule has 1 N–H and O–H groups in total. The lowest BCUT2D eigenvalue weighted by Gasteiger charge is -2.35. The molecule has 1 fully saturated rings. The van der Waals surface area contributed by atoms with Gasteiger partial charge in [-0.1, -0.05) is 36.4 Å². The summed E-state index contributed by atoms with van der Waals surface area (Å²) in [5.74, 6) is 0.893. The fourth-order valence-corrected chi connectivity index (χ4v) is 3.24. The molecule has 1 amide bonds. The van der Waals surface area contributed by atoms with Gasteiger partial charge >= 0.3 is 0 Å². The second-order valence-corrected chi connectivity index (χ2v) is 6.70. The zero-order valence-electron chi connectivity index (χ0n) is 15.6. The van der Waals surface area contributed by atoms with E-state index in [0.29, 0.717) is 6.54 Å². The Hall–Kier alpha value is -2.53. The van der Waals surface area contributed by atoms with E-state index >= 15 is 0 Å². The van der Waals surface area contributed by atoms with Crippen molar-refractivity contribution in [1.29, 1.82) is 0 Å². The van der Waals surface area contributed by atoms with Gasteiger partial charge in [0.1, 0.15) is 5.75 Å². The van der Waals surface area contributed by atoms with Crippen LogP contribution in [0.4, 0.5) is 5.69 Å². The van der Waals surface area contributed by atoms with Gasteiger partial charge in [0.05, 0.1) is 19.3 Å². The number of benzene rings is 2. The molecule has 3 rings (SSSR count). The molecule has 2 aromatic rings. The lowest BCUT2D eigenvalue weighted by Crippen LogP contribution is -2.49. The lowest BCUT2D eigenvalue weighted by molar-refractivity contribution is -0.131. The zero-order chi connectivity index (χ0) is 18.4. The standard InChI is InChI=1S/C21H27N3O2/c1-17-8-9-20(26-2)19(14-17)22-15-21(25)24-12-10-23(11-13-24)16-18-6-4-3-5-7-18/h3-9,14,22H,10-13,15-16H2,1-2H3. The molecule has 138 valence electrons. The highest BCUT2D eigenvalue weighted by molar-refractivity contribution is 5.81. The maximum atomic E-state index is 12.5. The highest BCUT2D eigenvalue weighted by Crippen LogP contribution is 2.25. The van der Waals surface area contributed by atoms with Gasteiger partial charge in [0.2, 0.25) is 5.91 Å². The minimum absolute atomic E-state index is 0.132. The summed E-state index contributed by atoms with van der Waals surface area (Å²) in [7, 11) is 1.64. The third-order valence-electron chi connectivity index (χ3n) is 4.76. The summed E-state index contributed by atoms with van der Waals surface area (Å²) in [6.45, 7) is 6.64. The first-order valence-corrected chi connectivity index (χ1v) is 9.08. The largest absolute Gasteiger partial charge is 0.495 e. The Morgan fingerprint density at radius 3 is 2.50 bits per heavy atom. The molecule has 0 aliphatic carbocycles. The van der Waals surface area contributed by atoms with Crippen LogP contribution in [0.15, 0.2) is 48.5 Å². The Morgan fingerprint density at radius 2 is 1.81 bits per heavy atom. The number of piperazine rings is 1. The maximum Gasteiger partial charge on any atom is 0.241 e. The lowest BCUT2D eigenvalue weighted by atomic mass is 10.2. The van der Waals surface area contributed by atoms with E-state index in [0.717, 1.165) is 49.7 Å². The fourth-order valence-electron chi connectivity index (χ4n) is 3.24. The van der Waals surface area contributed by atoms with Crippen molar-refractivity contribution >= 4 is 11.6 Å². The minimum Gasteiger partial charge on any atom is -0.495 e. The Morgan fingerprint density at radius 1 is 1.08 bits per heavy atom. The molecule has 1 aliphatic heterocycles. The molecule has 0 bridgehead atoms. The molecular formula is C21H27N3O2. The van der Waals surface area contributed by atoms with Crippen LogP contribution in [-0.2, 0) is 11.3 Å². The van der Waals surface area contributed by atoms with Crippen molar-refractivity contribution in [2.24, 2.45) is 0 Å². The predicted octanol–water partition coefficient (Wildman–Crippen LogP) is 2.76. The van der Waals surface area contributed by atoms with E-state index in [4.69, 9.17) is 4.74 Å². The topological polar surface area (TPSA) is 44.8 Å². The van der Waals surface area contributed by atoms with Crippen molar-refractivity contribution in [2.45, 2.75) is 13.5 Å². The summed E-state index contributed by atoms with van der Waals surface area (Å²) in [4.78, 5) is 16.9. The van der Waals surface area contributed by atoms with Gasteiger partial charge in [-0.2, -0.15) is 0 Å². The number of anilines is 1. The van der Waals surface area contributed by atoms with E-state index < -0.39 is 0 Å². The number of carbonyl (C=O) groups is 1. The quantitative estimate of drug-likeness (QED) is 0.867. The van der Waals surface area contributed by atoms with Crippen LogP contribution >= 0.6 is 0 Å². The molecule has 0 saturated carbocycles. The predicted molar refractivity (Wildman–Crippen MR) is 105 cm³/mol. The van der Waals surface area contributed by atoms with Crippen LogP contribution in [0, 0.1) is 6.92 Å². The smallest absolute Gasteiger partial charge is 0.241 e. The van der Waals surface area contributed by atoms with Gasteiger partial charge < -0.3 is 15.0 Å². The molecule has 2 aromatic carbocycles. The third kappa shape index (κ3) is 4.76. The summed E-state index contributed by atoms with van der Waals surface area (Å²) in [6, 6.07) is 16.4. The Balaban J connectivity index is 1.47. The van der Waals surface area contributed by atoms with Gasteiger partial charge in [0.15, 0.2) is 0 Å². The number of nitrogens with one attached hydrogen (secondary N) is 1. The fraction of sp³-hybridized carbons (Fsp3) is 0.381. The van der Waals surface area contributed by atoms with Gasteiger partial charge in [-0.05, 0) is 30.2 Å². The zero-order valence-corrected chi connectivity index (χ0v) is 15.6. The number of hydrogen-bond acceptors (Lipinski definition) is 4. The first kappa shape index (κ1) is 18.3. The van der Waals surface area contributed by atoms with E-state index in [2.05, 4.69) is 34.5 Å². The van der Waals surface area contributed by atoms with Crippen LogP contribution in [-0.4, -0.2) is 55.5 Å². The number of methoxy groups -OCH3 is 1. The SMILES string of the molecule is COc1ccc(C)cc1NCC(=O)N1CCN(Cc2ccccc2)CC1. The van der Waals surface area contributed by atoms with E-state index in [1.807, 2.05) is 36.1 Å². The van der Waals surface area contributed by atoms with E-state index in [9.17, 15) is 4.79 Å². The first-order valence-electron chi connectivity index (χ1n) is 9.08. The summed E-state index contributed by atoms with van der Waals surface area (Å²) in [5, 5.41) is 3.22. The monoisotopic (exact) mass is 353 g/mol. The van der Waals surface area contributed by atoms with Gasteiger partial charge in [-0.15, -0.1) is 0 Å². The Labute approximate surface area is 155 Å². The van der Waals surface area contributed by atoms with Crippen LogP contribution in [0.25, 0.3) is 0 Å². The molecular weight excluding hydrogens is 326 g/mol. The van der Waals surface area contributed by atoms with Gasteiger partial charge in [0, 0.05) is 32.7 Å². The second-order valence-electron chi connectivity index (χ2n) is 6.70. The van der Waals surface area contributed by atoms with Crippen molar-refractivity contribution in [2.75, 3.05) is 45.2 Å². The number of nitrogens with zero attached hydrogens (tertiary/aromatic N) is 2. The van der Waals surface area contributed by atoms with Crippen molar-refractivity contribution in [3.05, 3.63) is 59.7 Å². The molecule has 5 heteroatoms. The highest BCUT2D eigenvalue weighted by atomic mass is 16.5. The Bertz CT molecular complexity index is 725. The van der Waals surface area contributed by atoms with Gasteiger partial charge in [-0.25, -0.2) is 0 Å². The maximum absolute atomic E-state index is 12.5. The van der Waals surface area contributed by atoms with Crippen LogP contribution < -0.4 is 10.1 Å². The molecule has 0 aromatic heterocycles. The molecule has 5 nitrogen and oxygen atoms in total.